The Morgan fingerprint density at radius 1 is 0.593 bits per heavy atom. The highest BCUT2D eigenvalue weighted by Gasteiger charge is 2.25. The molecule has 0 spiro atoms. The van der Waals surface area contributed by atoms with E-state index in [-0.39, 0.29) is 28.3 Å². The van der Waals surface area contributed by atoms with Crippen LogP contribution in [0.1, 0.15) is 83.1 Å². The van der Waals surface area contributed by atoms with E-state index in [1.54, 1.807) is 0 Å². The van der Waals surface area contributed by atoms with E-state index in [1.807, 2.05) is 62.3 Å². The molecule has 0 N–H and O–H groups in total. The Bertz CT molecular complexity index is 355. The van der Waals surface area contributed by atoms with E-state index in [0.29, 0.717) is 26.4 Å². The lowest BCUT2D eigenvalue weighted by molar-refractivity contribution is -0.231. The van der Waals surface area contributed by atoms with Crippen molar-refractivity contribution in [3.8, 4) is 0 Å². The van der Waals surface area contributed by atoms with Crippen LogP contribution in [-0.2, 0) is 23.7 Å². The zero-order chi connectivity index (χ0) is 21.5. The number of hydrogen-bond acceptors (Lipinski definition) is 5. The van der Waals surface area contributed by atoms with Crippen LogP contribution in [0.3, 0.4) is 0 Å². The molecule has 0 heterocycles. The summed E-state index contributed by atoms with van der Waals surface area (Å²) in [6, 6.07) is 0. The van der Waals surface area contributed by atoms with E-state index >= 15 is 0 Å². The van der Waals surface area contributed by atoms with Crippen molar-refractivity contribution in [3.05, 3.63) is 0 Å². The first-order valence-corrected chi connectivity index (χ1v) is 10.1. The van der Waals surface area contributed by atoms with Crippen LogP contribution in [0.4, 0.5) is 0 Å². The second-order valence-electron chi connectivity index (χ2n) is 11.3. The van der Waals surface area contributed by atoms with Gasteiger partial charge in [-0.1, -0.05) is 20.8 Å². The Morgan fingerprint density at radius 3 is 1.52 bits per heavy atom. The molecule has 0 bridgehead atoms. The van der Waals surface area contributed by atoms with Gasteiger partial charge in [0.1, 0.15) is 6.10 Å². The predicted octanol–water partition coefficient (Wildman–Crippen LogP) is 5.21. The van der Waals surface area contributed by atoms with Crippen molar-refractivity contribution >= 4 is 0 Å². The fourth-order valence-electron chi connectivity index (χ4n) is 2.11. The van der Waals surface area contributed by atoms with Crippen LogP contribution >= 0.6 is 0 Å². The summed E-state index contributed by atoms with van der Waals surface area (Å²) in [5.74, 6) is 0. The smallest absolute Gasteiger partial charge is 0.181 e. The van der Waals surface area contributed by atoms with E-state index in [2.05, 4.69) is 20.8 Å². The van der Waals surface area contributed by atoms with E-state index in [1.165, 1.54) is 0 Å². The monoisotopic (exact) mass is 390 g/mol. The van der Waals surface area contributed by atoms with Gasteiger partial charge in [-0.3, -0.25) is 0 Å². The summed E-state index contributed by atoms with van der Waals surface area (Å²) in [6.45, 7) is 26.6. The minimum absolute atomic E-state index is 0.0674. The molecule has 2 unspecified atom stereocenters. The van der Waals surface area contributed by atoms with Crippen molar-refractivity contribution in [3.63, 3.8) is 0 Å². The fraction of sp³-hybridized carbons (Fsp3) is 1.00. The molecule has 5 nitrogen and oxygen atoms in total. The first kappa shape index (κ1) is 26.8. The summed E-state index contributed by atoms with van der Waals surface area (Å²) < 4.78 is 29.9. The lowest BCUT2D eigenvalue weighted by Gasteiger charge is -2.32. The molecular formula is C22H46O5. The van der Waals surface area contributed by atoms with Crippen molar-refractivity contribution in [1.82, 2.24) is 0 Å². The summed E-state index contributed by atoms with van der Waals surface area (Å²) in [6.07, 6.45) is -0.565. The van der Waals surface area contributed by atoms with Crippen LogP contribution < -0.4 is 0 Å². The third-order valence-electron chi connectivity index (χ3n) is 2.97. The minimum Gasteiger partial charge on any atom is -0.373 e. The molecule has 27 heavy (non-hydrogen) atoms. The van der Waals surface area contributed by atoms with Crippen LogP contribution in [0, 0.1) is 5.41 Å². The molecule has 0 rings (SSSR count). The van der Waals surface area contributed by atoms with E-state index in [0.717, 1.165) is 0 Å². The number of rotatable bonds is 10. The lowest BCUT2D eigenvalue weighted by atomic mass is 9.99. The van der Waals surface area contributed by atoms with Gasteiger partial charge in [0, 0.05) is 0 Å². The van der Waals surface area contributed by atoms with Crippen LogP contribution in [0.15, 0.2) is 0 Å². The molecule has 0 radical (unpaired) electrons. The molecule has 0 amide bonds. The standard InChI is InChI=1S/C22H46O5/c1-19(2,3)16-24-18(27-22(10,11)12)15-23-13-17(26-21(7,8)9)14-25-20(4,5)6/h17-18H,13-16H2,1-12H3. The quantitative estimate of drug-likeness (QED) is 0.479. The summed E-state index contributed by atoms with van der Waals surface area (Å²) in [5, 5.41) is 0. The zero-order valence-electron chi connectivity index (χ0n) is 20.0. The van der Waals surface area contributed by atoms with Gasteiger partial charge in [-0.05, 0) is 67.7 Å². The second kappa shape index (κ2) is 10.5. The molecule has 0 saturated carbocycles. The molecule has 0 aliphatic rings. The molecule has 2 atom stereocenters. The molecule has 0 aliphatic heterocycles. The van der Waals surface area contributed by atoms with Crippen molar-refractivity contribution in [2.75, 3.05) is 26.4 Å². The molecule has 5 heteroatoms. The normalized spacial score (nSPS) is 16.4. The van der Waals surface area contributed by atoms with E-state index < -0.39 is 6.29 Å². The molecule has 164 valence electrons. The van der Waals surface area contributed by atoms with Crippen LogP contribution in [0.5, 0.6) is 0 Å². The van der Waals surface area contributed by atoms with Gasteiger partial charge in [0.05, 0.1) is 43.2 Å². The van der Waals surface area contributed by atoms with Crippen molar-refractivity contribution in [1.29, 1.82) is 0 Å². The van der Waals surface area contributed by atoms with E-state index in [4.69, 9.17) is 23.7 Å². The Labute approximate surface area is 168 Å². The van der Waals surface area contributed by atoms with Crippen LogP contribution in [-0.4, -0.2) is 55.6 Å². The summed E-state index contributed by atoms with van der Waals surface area (Å²) in [5.41, 5.74) is -0.715. The van der Waals surface area contributed by atoms with Gasteiger partial charge in [0.25, 0.3) is 0 Å². The summed E-state index contributed by atoms with van der Waals surface area (Å²) in [4.78, 5) is 0. The van der Waals surface area contributed by atoms with Gasteiger partial charge in [-0.2, -0.15) is 0 Å². The molecular weight excluding hydrogens is 344 g/mol. The van der Waals surface area contributed by atoms with Gasteiger partial charge in [0.15, 0.2) is 6.29 Å². The molecule has 0 aromatic carbocycles. The largest absolute Gasteiger partial charge is 0.373 e. The number of ether oxygens (including phenoxy) is 5. The highest BCUT2D eigenvalue weighted by molar-refractivity contribution is 4.69. The van der Waals surface area contributed by atoms with Crippen molar-refractivity contribution in [2.24, 2.45) is 5.41 Å². The topological polar surface area (TPSA) is 46.2 Å². The Balaban J connectivity index is 4.72. The average molecular weight is 391 g/mol. The average Bonchev–Trinajstić information content (AvgIpc) is 2.37. The predicted molar refractivity (Wildman–Crippen MR) is 111 cm³/mol. The molecule has 0 fully saturated rings. The first-order valence-electron chi connectivity index (χ1n) is 10.1. The van der Waals surface area contributed by atoms with Crippen molar-refractivity contribution in [2.45, 2.75) is 112 Å². The maximum Gasteiger partial charge on any atom is 0.181 e. The molecule has 0 aromatic heterocycles. The first-order chi connectivity index (χ1) is 11.9. The lowest BCUT2D eigenvalue weighted by Crippen LogP contribution is -2.39. The molecule has 0 aliphatic carbocycles. The Kier molecular flexibility index (Phi) is 10.5. The summed E-state index contributed by atoms with van der Waals surface area (Å²) >= 11 is 0. The molecule has 0 saturated heterocycles. The minimum atomic E-state index is -0.414. The van der Waals surface area contributed by atoms with Gasteiger partial charge in [-0.15, -0.1) is 0 Å². The Morgan fingerprint density at radius 2 is 1.11 bits per heavy atom. The van der Waals surface area contributed by atoms with Gasteiger partial charge in [-0.25, -0.2) is 0 Å². The van der Waals surface area contributed by atoms with Gasteiger partial charge >= 0.3 is 0 Å². The Hall–Kier alpha value is -0.200. The molecule has 0 aromatic rings. The highest BCUT2D eigenvalue weighted by atomic mass is 16.7. The highest BCUT2D eigenvalue weighted by Crippen LogP contribution is 2.19. The van der Waals surface area contributed by atoms with Gasteiger partial charge in [0.2, 0.25) is 0 Å². The van der Waals surface area contributed by atoms with Crippen LogP contribution in [0.25, 0.3) is 0 Å². The van der Waals surface area contributed by atoms with E-state index in [9.17, 15) is 0 Å². The maximum absolute atomic E-state index is 6.10. The maximum atomic E-state index is 6.10. The third kappa shape index (κ3) is 18.9. The zero-order valence-corrected chi connectivity index (χ0v) is 20.0. The second-order valence-corrected chi connectivity index (χ2v) is 11.3. The van der Waals surface area contributed by atoms with Crippen LogP contribution in [0.2, 0.25) is 0 Å². The SMILES string of the molecule is CC(C)(C)COC(COCC(COC(C)(C)C)OC(C)(C)C)OC(C)(C)C. The third-order valence-corrected chi connectivity index (χ3v) is 2.97. The fourth-order valence-corrected chi connectivity index (χ4v) is 2.11. The number of hydrogen-bond donors (Lipinski definition) is 0. The van der Waals surface area contributed by atoms with Gasteiger partial charge < -0.3 is 23.7 Å². The summed E-state index contributed by atoms with van der Waals surface area (Å²) in [7, 11) is 0. The van der Waals surface area contributed by atoms with Crippen molar-refractivity contribution < 1.29 is 23.7 Å².